The van der Waals surface area contributed by atoms with Crippen molar-refractivity contribution in [2.24, 2.45) is 16.0 Å². The normalized spacial score (nSPS) is 31.5. The fourth-order valence-corrected chi connectivity index (χ4v) is 6.29. The van der Waals surface area contributed by atoms with Gasteiger partial charge in [0.05, 0.1) is 17.4 Å². The molecule has 186 valence electrons. The molecule has 2 aliphatic heterocycles. The van der Waals surface area contributed by atoms with E-state index >= 15 is 0 Å². The van der Waals surface area contributed by atoms with Crippen LogP contribution in [0, 0.1) is 10.8 Å². The van der Waals surface area contributed by atoms with Crippen LogP contribution in [-0.4, -0.2) is 44.1 Å². The molecule has 3 unspecified atom stereocenters. The van der Waals surface area contributed by atoms with Gasteiger partial charge in [-0.25, -0.2) is 0 Å². The number of aliphatic hydroxyl groups is 1. The number of ether oxygens (including phenoxy) is 1. The largest absolute Gasteiger partial charge is 0.477 e. The van der Waals surface area contributed by atoms with Crippen molar-refractivity contribution in [3.05, 3.63) is 64.0 Å². The monoisotopic (exact) mass is 500 g/mol. The smallest absolute Gasteiger partial charge is 0.306 e. The summed E-state index contributed by atoms with van der Waals surface area (Å²) in [5.74, 6) is 0.0443. The summed E-state index contributed by atoms with van der Waals surface area (Å²) >= 11 is 0. The van der Waals surface area contributed by atoms with Gasteiger partial charge in [-0.15, -0.1) is 0 Å². The van der Waals surface area contributed by atoms with Crippen LogP contribution < -0.4 is 10.1 Å². The Kier molecular flexibility index (Phi) is 4.86. The van der Waals surface area contributed by atoms with E-state index in [1.165, 1.54) is 7.11 Å². The van der Waals surface area contributed by atoms with Crippen LogP contribution in [-0.2, 0) is 25.6 Å². The third-order valence-electron chi connectivity index (χ3n) is 7.72. The number of carbonyl (C=O) groups excluding carboxylic acids is 1. The molecule has 10 heteroatoms. The molecule has 4 aliphatic rings. The molecule has 5 rings (SSSR count). The number of amides is 1. The number of carbonyl (C=O) groups is 1. The van der Waals surface area contributed by atoms with Crippen LogP contribution in [0.5, 0.6) is 5.75 Å². The van der Waals surface area contributed by atoms with Gasteiger partial charge in [0.1, 0.15) is 18.6 Å². The average molecular weight is 501 g/mol. The Morgan fingerprint density at radius 1 is 1.23 bits per heavy atom. The minimum Gasteiger partial charge on any atom is -0.477 e. The maximum atomic E-state index is 12.4. The van der Waals surface area contributed by atoms with E-state index < -0.39 is 32.8 Å². The fourth-order valence-electron chi connectivity index (χ4n) is 5.84. The lowest BCUT2D eigenvalue weighted by Crippen LogP contribution is -2.62. The molecule has 0 radical (unpaired) electrons. The number of hydrogen-bond acceptors (Lipinski definition) is 8. The van der Waals surface area contributed by atoms with E-state index in [0.29, 0.717) is 29.0 Å². The van der Waals surface area contributed by atoms with Gasteiger partial charge in [-0.2, -0.15) is 8.42 Å². The van der Waals surface area contributed by atoms with Crippen molar-refractivity contribution < 1.29 is 32.1 Å². The van der Waals surface area contributed by atoms with Crippen LogP contribution in [0.2, 0.25) is 0 Å². The van der Waals surface area contributed by atoms with Gasteiger partial charge >= 0.3 is 10.1 Å². The van der Waals surface area contributed by atoms with Gasteiger partial charge in [0, 0.05) is 16.9 Å². The van der Waals surface area contributed by atoms with Gasteiger partial charge in [0.25, 0.3) is 5.91 Å². The highest BCUT2D eigenvalue weighted by Crippen LogP contribution is 2.62. The minimum atomic E-state index is -3.91. The molecule has 35 heavy (non-hydrogen) atoms. The Hall–Kier alpha value is -3.11. The summed E-state index contributed by atoms with van der Waals surface area (Å²) in [7, 11) is -2.53. The lowest BCUT2D eigenvalue weighted by molar-refractivity contribution is 0.00458. The summed E-state index contributed by atoms with van der Waals surface area (Å²) in [6.07, 6.45) is 5.93. The molecule has 2 N–H and O–H groups in total. The van der Waals surface area contributed by atoms with Gasteiger partial charge in [-0.3, -0.25) is 4.79 Å². The van der Waals surface area contributed by atoms with Crippen molar-refractivity contribution in [2.45, 2.75) is 45.9 Å². The van der Waals surface area contributed by atoms with Gasteiger partial charge in [-0.1, -0.05) is 49.7 Å². The van der Waals surface area contributed by atoms with Crippen molar-refractivity contribution >= 4 is 21.7 Å². The zero-order valence-corrected chi connectivity index (χ0v) is 21.2. The molecule has 0 saturated heterocycles. The Morgan fingerprint density at radius 3 is 2.60 bits per heavy atom. The molecule has 1 amide bonds. The molecule has 0 fully saturated rings. The first-order valence-corrected chi connectivity index (χ1v) is 13.0. The molecule has 1 spiro atoms. The van der Waals surface area contributed by atoms with Crippen molar-refractivity contribution in [3.8, 4) is 5.75 Å². The van der Waals surface area contributed by atoms with Crippen LogP contribution in [0.15, 0.2) is 52.4 Å². The molecule has 1 aromatic carbocycles. The number of nitrogens with one attached hydrogen (secondary N) is 1. The third-order valence-corrected chi connectivity index (χ3v) is 8.20. The highest BCUT2D eigenvalue weighted by molar-refractivity contribution is 7.86. The van der Waals surface area contributed by atoms with Gasteiger partial charge in [0.15, 0.2) is 17.6 Å². The number of rotatable bonds is 3. The van der Waals surface area contributed by atoms with Gasteiger partial charge in [-0.05, 0) is 30.5 Å². The van der Waals surface area contributed by atoms with Crippen molar-refractivity contribution in [2.75, 3.05) is 13.4 Å². The molecule has 2 heterocycles. The quantitative estimate of drug-likeness (QED) is 0.483. The first-order valence-electron chi connectivity index (χ1n) is 11.2. The second-order valence-corrected chi connectivity index (χ2v) is 11.8. The molecular weight excluding hydrogens is 472 g/mol. The Labute approximate surface area is 204 Å². The van der Waals surface area contributed by atoms with Crippen LogP contribution in [0.4, 0.5) is 0 Å². The molecule has 3 atom stereocenters. The zero-order valence-electron chi connectivity index (χ0n) is 20.4. The Morgan fingerprint density at radius 2 is 1.94 bits per heavy atom. The average Bonchev–Trinajstić information content (AvgIpc) is 3.03. The molecule has 0 saturated carbocycles. The minimum absolute atomic E-state index is 0.0169. The summed E-state index contributed by atoms with van der Waals surface area (Å²) in [6, 6.07) is 3.55. The number of allylic oxidation sites excluding steroid dienone is 3. The molecule has 0 bridgehead atoms. The molecule has 2 aliphatic carbocycles. The van der Waals surface area contributed by atoms with Crippen molar-refractivity contribution in [1.29, 1.82) is 0 Å². The van der Waals surface area contributed by atoms with E-state index in [-0.39, 0.29) is 11.7 Å². The predicted octanol–water partition coefficient (Wildman–Crippen LogP) is 2.89. The summed E-state index contributed by atoms with van der Waals surface area (Å²) < 4.78 is 36.8. The third kappa shape index (κ3) is 3.12. The number of aliphatic hydroxyl groups excluding tert-OH is 1. The molecule has 0 aromatic heterocycles. The zero-order chi connectivity index (χ0) is 25.6. The highest BCUT2D eigenvalue weighted by Gasteiger charge is 2.64. The lowest BCUT2D eigenvalue weighted by atomic mass is 9.52. The van der Waals surface area contributed by atoms with Crippen LogP contribution in [0.3, 0.4) is 0 Å². The molecule has 9 nitrogen and oxygen atoms in total. The van der Waals surface area contributed by atoms with E-state index in [0.717, 1.165) is 23.0 Å². The highest BCUT2D eigenvalue weighted by atomic mass is 32.2. The maximum Gasteiger partial charge on any atom is 0.306 e. The predicted molar refractivity (Wildman–Crippen MR) is 128 cm³/mol. The number of oxime groups is 1. The lowest BCUT2D eigenvalue weighted by Gasteiger charge is -2.58. The first-order chi connectivity index (χ1) is 16.2. The number of hydrogen-bond donors (Lipinski definition) is 2. The van der Waals surface area contributed by atoms with Crippen LogP contribution in [0.1, 0.15) is 55.4 Å². The number of fused-ring (bicyclic) bond motifs is 3. The Balaban J connectivity index is 1.84. The summed E-state index contributed by atoms with van der Waals surface area (Å²) in [6.45, 7) is 7.87. The standard InChI is InChI=1S/C25H28N2O7S/c1-13-7-10-17-23(2,3)20(27-32-5)16(34-35(6,30)31)12-25(17)24(13,4)11-14-8-9-15-18(19(14)33-25)22(29)26-21(15)28/h7-10,12,22,29H,11H2,1-6H3,(H,26,28). The Bertz CT molecular complexity index is 1400. The van der Waals surface area contributed by atoms with Gasteiger partial charge < -0.3 is 24.2 Å². The van der Waals surface area contributed by atoms with Crippen molar-refractivity contribution in [1.82, 2.24) is 5.32 Å². The summed E-state index contributed by atoms with van der Waals surface area (Å²) in [5.41, 5.74) is 1.05. The van der Waals surface area contributed by atoms with E-state index in [9.17, 15) is 18.3 Å². The van der Waals surface area contributed by atoms with E-state index in [1.54, 1.807) is 12.1 Å². The fraction of sp³-hybridized carbons (Fsp3) is 0.440. The second kappa shape index (κ2) is 7.20. The molecular formula is C25H28N2O7S. The van der Waals surface area contributed by atoms with Crippen LogP contribution >= 0.6 is 0 Å². The SMILES string of the molecule is CON=C1C(OS(C)(=O)=O)=CC23Oc4c(ccc5c4C(O)NC5=O)CC2(C)C(C)=CC=C3C1(C)C. The molecule has 1 aromatic rings. The van der Waals surface area contributed by atoms with Crippen LogP contribution in [0.25, 0.3) is 0 Å². The van der Waals surface area contributed by atoms with Gasteiger partial charge in [0.2, 0.25) is 0 Å². The summed E-state index contributed by atoms with van der Waals surface area (Å²) in [5, 5.41) is 17.3. The number of nitrogens with zero attached hydrogens (tertiary/aromatic N) is 1. The summed E-state index contributed by atoms with van der Waals surface area (Å²) in [4.78, 5) is 17.5. The maximum absolute atomic E-state index is 12.4. The van der Waals surface area contributed by atoms with E-state index in [1.807, 2.05) is 39.0 Å². The van der Waals surface area contributed by atoms with E-state index in [4.69, 9.17) is 13.8 Å². The number of benzene rings is 1. The first kappa shape index (κ1) is 23.6. The van der Waals surface area contributed by atoms with E-state index in [2.05, 4.69) is 17.4 Å². The topological polar surface area (TPSA) is 124 Å². The second-order valence-electron chi connectivity index (χ2n) is 10.2. The van der Waals surface area contributed by atoms with Crippen molar-refractivity contribution in [3.63, 3.8) is 0 Å².